The van der Waals surface area contributed by atoms with E-state index >= 15 is 0 Å². The lowest BCUT2D eigenvalue weighted by molar-refractivity contribution is 0.0749. The molecular formula is C14H19ClO4. The van der Waals surface area contributed by atoms with Gasteiger partial charge in [-0.2, -0.15) is 0 Å². The highest BCUT2D eigenvalue weighted by atomic mass is 35.5. The monoisotopic (exact) mass is 286 g/mol. The molecule has 0 aliphatic rings. The van der Waals surface area contributed by atoms with E-state index in [9.17, 15) is 5.11 Å². The van der Waals surface area contributed by atoms with Gasteiger partial charge in [-0.15, -0.1) is 11.6 Å². The van der Waals surface area contributed by atoms with Crippen molar-refractivity contribution in [3.05, 3.63) is 42.7 Å². The van der Waals surface area contributed by atoms with Crippen molar-refractivity contribution in [3.8, 4) is 5.75 Å². The van der Waals surface area contributed by atoms with Crippen LogP contribution in [0.15, 0.2) is 37.1 Å². The van der Waals surface area contributed by atoms with Crippen LogP contribution in [0, 0.1) is 0 Å². The number of rotatable bonds is 10. The third-order valence-electron chi connectivity index (χ3n) is 2.28. The Morgan fingerprint density at radius 1 is 1.26 bits per heavy atom. The maximum Gasteiger partial charge on any atom is 0.119 e. The molecule has 106 valence electrons. The van der Waals surface area contributed by atoms with Gasteiger partial charge in [-0.25, -0.2) is 0 Å². The van der Waals surface area contributed by atoms with Gasteiger partial charge in [0.1, 0.15) is 25.1 Å². The summed E-state index contributed by atoms with van der Waals surface area (Å²) in [5.74, 6) is 0.863. The summed E-state index contributed by atoms with van der Waals surface area (Å²) in [5, 5.41) is 9.27. The largest absolute Gasteiger partial charge is 0.499 e. The van der Waals surface area contributed by atoms with Crippen molar-refractivity contribution in [3.63, 3.8) is 0 Å². The minimum atomic E-state index is -0.644. The van der Waals surface area contributed by atoms with Gasteiger partial charge in [-0.05, 0) is 17.7 Å². The minimum Gasteiger partial charge on any atom is -0.499 e. The van der Waals surface area contributed by atoms with Crippen molar-refractivity contribution < 1.29 is 19.3 Å². The molecular weight excluding hydrogens is 268 g/mol. The fourth-order valence-electron chi connectivity index (χ4n) is 1.30. The molecule has 0 aliphatic heterocycles. The summed E-state index contributed by atoms with van der Waals surface area (Å²) in [7, 11) is 0. The predicted octanol–water partition coefficient (Wildman–Crippen LogP) is 2.34. The quantitative estimate of drug-likeness (QED) is 0.407. The van der Waals surface area contributed by atoms with E-state index in [1.54, 1.807) is 0 Å². The second-order valence-corrected chi connectivity index (χ2v) is 4.16. The van der Waals surface area contributed by atoms with Crippen LogP contribution in [0.5, 0.6) is 5.75 Å². The Hall–Kier alpha value is -1.23. The smallest absolute Gasteiger partial charge is 0.119 e. The zero-order valence-corrected chi connectivity index (χ0v) is 11.5. The van der Waals surface area contributed by atoms with Crippen molar-refractivity contribution >= 4 is 11.6 Å². The zero-order chi connectivity index (χ0) is 13.9. The predicted molar refractivity (Wildman–Crippen MR) is 74.5 cm³/mol. The topological polar surface area (TPSA) is 47.9 Å². The van der Waals surface area contributed by atoms with Gasteiger partial charge in [0.25, 0.3) is 0 Å². The van der Waals surface area contributed by atoms with Gasteiger partial charge in [0.2, 0.25) is 0 Å². The Morgan fingerprint density at radius 3 is 2.63 bits per heavy atom. The van der Waals surface area contributed by atoms with Crippen LogP contribution in [0.1, 0.15) is 5.56 Å². The van der Waals surface area contributed by atoms with Crippen molar-refractivity contribution in [1.82, 2.24) is 0 Å². The summed E-state index contributed by atoms with van der Waals surface area (Å²) in [4.78, 5) is 0. The Bertz CT molecular complexity index is 353. The van der Waals surface area contributed by atoms with Crippen molar-refractivity contribution in [2.45, 2.75) is 12.7 Å². The molecule has 0 amide bonds. The lowest BCUT2D eigenvalue weighted by Gasteiger charge is -2.10. The molecule has 1 unspecified atom stereocenters. The highest BCUT2D eigenvalue weighted by Gasteiger charge is 2.03. The van der Waals surface area contributed by atoms with Crippen LogP contribution in [-0.2, 0) is 16.1 Å². The van der Waals surface area contributed by atoms with Crippen LogP contribution in [0.3, 0.4) is 0 Å². The Labute approximate surface area is 118 Å². The molecule has 5 heteroatoms. The lowest BCUT2D eigenvalue weighted by atomic mass is 10.2. The van der Waals surface area contributed by atoms with Gasteiger partial charge in [0, 0.05) is 0 Å². The molecule has 1 N–H and O–H groups in total. The van der Waals surface area contributed by atoms with Crippen molar-refractivity contribution in [2.75, 3.05) is 25.7 Å². The van der Waals surface area contributed by atoms with Crippen LogP contribution < -0.4 is 4.74 Å². The molecule has 0 spiro atoms. The summed E-state index contributed by atoms with van der Waals surface area (Å²) in [6.45, 7) is 5.18. The first-order chi connectivity index (χ1) is 9.26. The van der Waals surface area contributed by atoms with Gasteiger partial charge in [0.05, 0.1) is 25.4 Å². The number of hydrogen-bond donors (Lipinski definition) is 1. The highest BCUT2D eigenvalue weighted by molar-refractivity contribution is 6.18. The SMILES string of the molecule is C=COCCOCc1ccc(OCC(O)CCl)cc1. The molecule has 4 nitrogen and oxygen atoms in total. The normalized spacial score (nSPS) is 11.9. The van der Waals surface area contributed by atoms with Crippen LogP contribution in [-0.4, -0.2) is 36.9 Å². The van der Waals surface area contributed by atoms with E-state index in [1.165, 1.54) is 6.26 Å². The third kappa shape index (κ3) is 7.06. The molecule has 19 heavy (non-hydrogen) atoms. The van der Waals surface area contributed by atoms with Crippen LogP contribution in [0.4, 0.5) is 0 Å². The first-order valence-electron chi connectivity index (χ1n) is 6.02. The Kier molecular flexibility index (Phi) is 8.05. The molecule has 0 saturated carbocycles. The molecule has 0 aliphatic carbocycles. The fraction of sp³-hybridized carbons (Fsp3) is 0.429. The second kappa shape index (κ2) is 9.67. The summed E-state index contributed by atoms with van der Waals surface area (Å²) in [5.41, 5.74) is 1.05. The van der Waals surface area contributed by atoms with E-state index in [4.69, 9.17) is 25.8 Å². The van der Waals surface area contributed by atoms with Crippen LogP contribution in [0.2, 0.25) is 0 Å². The highest BCUT2D eigenvalue weighted by Crippen LogP contribution is 2.13. The molecule has 0 aromatic heterocycles. The number of aliphatic hydroxyl groups excluding tert-OH is 1. The van der Waals surface area contributed by atoms with Gasteiger partial charge in [-0.3, -0.25) is 0 Å². The second-order valence-electron chi connectivity index (χ2n) is 3.85. The molecule has 1 atom stereocenters. The number of ether oxygens (including phenoxy) is 3. The number of halogens is 1. The summed E-state index contributed by atoms with van der Waals surface area (Å²) in [6.07, 6.45) is 0.750. The standard InChI is InChI=1S/C14H19ClO4/c1-2-17-7-8-18-10-12-3-5-14(6-4-12)19-11-13(16)9-15/h2-6,13,16H,1,7-11H2. The summed E-state index contributed by atoms with van der Waals surface area (Å²) >= 11 is 5.47. The van der Waals surface area contributed by atoms with E-state index in [0.717, 1.165) is 5.56 Å². The van der Waals surface area contributed by atoms with E-state index < -0.39 is 6.10 Å². The van der Waals surface area contributed by atoms with Crippen LogP contribution in [0.25, 0.3) is 0 Å². The van der Waals surface area contributed by atoms with Crippen molar-refractivity contribution in [2.24, 2.45) is 0 Å². The van der Waals surface area contributed by atoms with Gasteiger partial charge in [-0.1, -0.05) is 18.7 Å². The van der Waals surface area contributed by atoms with Gasteiger partial charge < -0.3 is 19.3 Å². The maximum absolute atomic E-state index is 9.27. The Morgan fingerprint density at radius 2 is 2.00 bits per heavy atom. The molecule has 0 radical (unpaired) electrons. The molecule has 1 rings (SSSR count). The molecule has 0 fully saturated rings. The van der Waals surface area contributed by atoms with Gasteiger partial charge in [0.15, 0.2) is 0 Å². The van der Waals surface area contributed by atoms with Crippen molar-refractivity contribution in [1.29, 1.82) is 0 Å². The van der Waals surface area contributed by atoms with Crippen LogP contribution >= 0.6 is 11.6 Å². The molecule has 0 saturated heterocycles. The summed E-state index contributed by atoms with van der Waals surface area (Å²) < 4.78 is 15.7. The Balaban J connectivity index is 2.25. The molecule has 1 aromatic rings. The number of benzene rings is 1. The summed E-state index contributed by atoms with van der Waals surface area (Å²) in [6, 6.07) is 7.49. The third-order valence-corrected chi connectivity index (χ3v) is 2.63. The molecule has 1 aromatic carbocycles. The average Bonchev–Trinajstić information content (AvgIpc) is 2.45. The fourth-order valence-corrected chi connectivity index (χ4v) is 1.39. The molecule has 0 heterocycles. The maximum atomic E-state index is 9.27. The average molecular weight is 287 g/mol. The van der Waals surface area contributed by atoms with E-state index in [-0.39, 0.29) is 12.5 Å². The zero-order valence-electron chi connectivity index (χ0n) is 10.8. The number of alkyl halides is 1. The minimum absolute atomic E-state index is 0.165. The van der Waals surface area contributed by atoms with E-state index in [2.05, 4.69) is 6.58 Å². The number of aliphatic hydroxyl groups is 1. The molecule has 0 bridgehead atoms. The first-order valence-corrected chi connectivity index (χ1v) is 6.55. The van der Waals surface area contributed by atoms with Gasteiger partial charge >= 0.3 is 0 Å². The number of hydrogen-bond acceptors (Lipinski definition) is 4. The first kappa shape index (κ1) is 15.8. The van der Waals surface area contributed by atoms with E-state index in [0.29, 0.717) is 25.6 Å². The van der Waals surface area contributed by atoms with E-state index in [1.807, 2.05) is 24.3 Å². The lowest BCUT2D eigenvalue weighted by Crippen LogP contribution is -2.18.